The zero-order valence-corrected chi connectivity index (χ0v) is 12.6. The predicted octanol–water partition coefficient (Wildman–Crippen LogP) is 3.46. The molecule has 110 valence electrons. The lowest BCUT2D eigenvalue weighted by Gasteiger charge is -2.35. The molecule has 21 heavy (non-hydrogen) atoms. The fourth-order valence-corrected chi connectivity index (χ4v) is 3.06. The number of carbonyl (C=O) groups excluding carboxylic acids is 1. The molecule has 2 heterocycles. The highest BCUT2D eigenvalue weighted by molar-refractivity contribution is 5.95. The molecule has 1 aromatic carbocycles. The van der Waals surface area contributed by atoms with Crippen molar-refractivity contribution in [3.63, 3.8) is 0 Å². The van der Waals surface area contributed by atoms with Gasteiger partial charge in [-0.25, -0.2) is 4.39 Å². The number of aryl methyl sites for hydroxylation is 2. The summed E-state index contributed by atoms with van der Waals surface area (Å²) in [6, 6.07) is 8.74. The zero-order chi connectivity index (χ0) is 15.1. The Hall–Kier alpha value is -2.10. The van der Waals surface area contributed by atoms with Crippen LogP contribution < -0.4 is 0 Å². The fraction of sp³-hybridized carbons (Fsp3) is 0.353. The van der Waals surface area contributed by atoms with Crippen molar-refractivity contribution in [3.05, 3.63) is 58.7 Å². The number of rotatable bonds is 1. The maximum atomic E-state index is 13.9. The molecule has 1 unspecified atom stereocenters. The average Bonchev–Trinajstić information content (AvgIpc) is 2.84. The SMILES string of the molecule is Cc1ccc(F)c(C(=O)N2CCn3c(C)ccc3C2C)c1. The monoisotopic (exact) mass is 286 g/mol. The van der Waals surface area contributed by atoms with E-state index in [4.69, 9.17) is 0 Å². The van der Waals surface area contributed by atoms with Crippen molar-refractivity contribution >= 4 is 5.91 Å². The summed E-state index contributed by atoms with van der Waals surface area (Å²) >= 11 is 0. The van der Waals surface area contributed by atoms with Gasteiger partial charge in [0.05, 0.1) is 11.6 Å². The van der Waals surface area contributed by atoms with Gasteiger partial charge in [0.15, 0.2) is 0 Å². The first-order valence-electron chi connectivity index (χ1n) is 7.22. The summed E-state index contributed by atoms with van der Waals surface area (Å²) in [5.74, 6) is -0.677. The summed E-state index contributed by atoms with van der Waals surface area (Å²) in [6.07, 6.45) is 0. The van der Waals surface area contributed by atoms with Crippen LogP contribution in [0.3, 0.4) is 0 Å². The van der Waals surface area contributed by atoms with Crippen LogP contribution in [0, 0.1) is 19.7 Å². The van der Waals surface area contributed by atoms with Gasteiger partial charge in [-0.05, 0) is 45.0 Å². The number of carbonyl (C=O) groups is 1. The number of hydrogen-bond donors (Lipinski definition) is 0. The molecule has 4 heteroatoms. The summed E-state index contributed by atoms with van der Waals surface area (Å²) < 4.78 is 16.2. The summed E-state index contributed by atoms with van der Waals surface area (Å²) in [7, 11) is 0. The Morgan fingerprint density at radius 1 is 1.19 bits per heavy atom. The molecule has 1 atom stereocenters. The molecule has 3 nitrogen and oxygen atoms in total. The third kappa shape index (κ3) is 2.24. The number of hydrogen-bond acceptors (Lipinski definition) is 1. The topological polar surface area (TPSA) is 25.2 Å². The molecule has 0 fully saturated rings. The number of benzene rings is 1. The Bertz CT molecular complexity index is 705. The third-order valence-electron chi connectivity index (χ3n) is 4.31. The van der Waals surface area contributed by atoms with Crippen LogP contribution >= 0.6 is 0 Å². The van der Waals surface area contributed by atoms with Crippen LogP contribution in [0.5, 0.6) is 0 Å². The highest BCUT2D eigenvalue weighted by Gasteiger charge is 2.30. The third-order valence-corrected chi connectivity index (χ3v) is 4.31. The van der Waals surface area contributed by atoms with Crippen molar-refractivity contribution in [1.82, 2.24) is 9.47 Å². The molecule has 0 saturated carbocycles. The Morgan fingerprint density at radius 2 is 1.95 bits per heavy atom. The van der Waals surface area contributed by atoms with E-state index >= 15 is 0 Å². The molecular weight excluding hydrogens is 267 g/mol. The molecule has 3 rings (SSSR count). The van der Waals surface area contributed by atoms with Gasteiger partial charge in [0.2, 0.25) is 0 Å². The lowest BCUT2D eigenvalue weighted by atomic mass is 10.1. The number of nitrogens with zero attached hydrogens (tertiary/aromatic N) is 2. The molecular formula is C17H19FN2O. The predicted molar refractivity (Wildman–Crippen MR) is 79.8 cm³/mol. The normalized spacial score (nSPS) is 17.7. The van der Waals surface area contributed by atoms with Gasteiger partial charge in [-0.3, -0.25) is 4.79 Å². The quantitative estimate of drug-likeness (QED) is 0.788. The van der Waals surface area contributed by atoms with Crippen LogP contribution in [0.4, 0.5) is 4.39 Å². The van der Waals surface area contributed by atoms with Crippen LogP contribution in [0.15, 0.2) is 30.3 Å². The minimum absolute atomic E-state index is 0.0418. The standard InChI is InChI=1S/C17H19FN2O/c1-11-4-6-15(18)14(10-11)17(21)20-9-8-19-12(2)5-7-16(19)13(20)3/h4-7,10,13H,8-9H2,1-3H3. The molecule has 0 spiro atoms. The molecule has 1 amide bonds. The molecule has 0 N–H and O–H groups in total. The van der Waals surface area contributed by atoms with Crippen LogP contribution in [-0.4, -0.2) is 21.9 Å². The summed E-state index contributed by atoms with van der Waals surface area (Å²) in [6.45, 7) is 7.29. The molecule has 2 aromatic rings. The summed E-state index contributed by atoms with van der Waals surface area (Å²) in [5.41, 5.74) is 3.37. The van der Waals surface area contributed by atoms with E-state index in [1.165, 1.54) is 11.8 Å². The van der Waals surface area contributed by atoms with E-state index < -0.39 is 5.82 Å². The molecule has 0 radical (unpaired) electrons. The Kier molecular flexibility index (Phi) is 3.32. The van der Waals surface area contributed by atoms with Crippen LogP contribution in [0.1, 0.15) is 40.3 Å². The Morgan fingerprint density at radius 3 is 2.71 bits per heavy atom. The summed E-state index contributed by atoms with van der Waals surface area (Å²) in [4.78, 5) is 14.4. The van der Waals surface area contributed by atoms with Crippen molar-refractivity contribution < 1.29 is 9.18 Å². The molecule has 0 aliphatic carbocycles. The van der Waals surface area contributed by atoms with Crippen LogP contribution in [0.25, 0.3) is 0 Å². The lowest BCUT2D eigenvalue weighted by molar-refractivity contribution is 0.0638. The second-order valence-corrected chi connectivity index (χ2v) is 5.71. The van der Waals surface area contributed by atoms with E-state index in [0.29, 0.717) is 6.54 Å². The highest BCUT2D eigenvalue weighted by Crippen LogP contribution is 2.29. The second-order valence-electron chi connectivity index (χ2n) is 5.71. The van der Waals surface area contributed by atoms with Crippen molar-refractivity contribution in [1.29, 1.82) is 0 Å². The van der Waals surface area contributed by atoms with Gasteiger partial charge in [0, 0.05) is 24.5 Å². The minimum atomic E-state index is -0.449. The molecule has 1 aliphatic heterocycles. The van der Waals surface area contributed by atoms with E-state index in [0.717, 1.165) is 17.8 Å². The Balaban J connectivity index is 1.95. The largest absolute Gasteiger partial charge is 0.345 e. The minimum Gasteiger partial charge on any atom is -0.345 e. The number of halogens is 1. The van der Waals surface area contributed by atoms with Crippen molar-refractivity contribution in [3.8, 4) is 0 Å². The highest BCUT2D eigenvalue weighted by atomic mass is 19.1. The first kappa shape index (κ1) is 13.9. The number of aromatic nitrogens is 1. The fourth-order valence-electron chi connectivity index (χ4n) is 3.06. The maximum absolute atomic E-state index is 13.9. The van der Waals surface area contributed by atoms with Crippen LogP contribution in [0.2, 0.25) is 0 Å². The van der Waals surface area contributed by atoms with E-state index in [1.54, 1.807) is 17.0 Å². The van der Waals surface area contributed by atoms with Crippen molar-refractivity contribution in [2.45, 2.75) is 33.4 Å². The van der Waals surface area contributed by atoms with Gasteiger partial charge in [-0.2, -0.15) is 0 Å². The van der Waals surface area contributed by atoms with E-state index in [2.05, 4.69) is 17.6 Å². The number of fused-ring (bicyclic) bond motifs is 1. The van der Waals surface area contributed by atoms with Crippen molar-refractivity contribution in [2.75, 3.05) is 6.54 Å². The van der Waals surface area contributed by atoms with Gasteiger partial charge in [-0.1, -0.05) is 11.6 Å². The van der Waals surface area contributed by atoms with Gasteiger partial charge >= 0.3 is 0 Å². The van der Waals surface area contributed by atoms with Gasteiger partial charge in [0.25, 0.3) is 5.91 Å². The van der Waals surface area contributed by atoms with Crippen molar-refractivity contribution in [2.24, 2.45) is 0 Å². The first-order chi connectivity index (χ1) is 9.99. The molecule has 0 bridgehead atoms. The van der Waals surface area contributed by atoms with E-state index in [9.17, 15) is 9.18 Å². The summed E-state index contributed by atoms with van der Waals surface area (Å²) in [5, 5.41) is 0. The zero-order valence-electron chi connectivity index (χ0n) is 12.6. The maximum Gasteiger partial charge on any atom is 0.257 e. The average molecular weight is 286 g/mol. The molecule has 0 saturated heterocycles. The molecule has 1 aliphatic rings. The van der Waals surface area contributed by atoms with Gasteiger partial charge in [-0.15, -0.1) is 0 Å². The van der Waals surface area contributed by atoms with Gasteiger partial charge in [0.1, 0.15) is 5.82 Å². The second kappa shape index (κ2) is 5.02. The van der Waals surface area contributed by atoms with Gasteiger partial charge < -0.3 is 9.47 Å². The van der Waals surface area contributed by atoms with E-state index in [-0.39, 0.29) is 17.5 Å². The Labute approximate surface area is 124 Å². The lowest BCUT2D eigenvalue weighted by Crippen LogP contribution is -2.41. The first-order valence-corrected chi connectivity index (χ1v) is 7.22. The van der Waals surface area contributed by atoms with E-state index in [1.807, 2.05) is 19.9 Å². The smallest absolute Gasteiger partial charge is 0.257 e. The van der Waals surface area contributed by atoms with Crippen LogP contribution in [-0.2, 0) is 6.54 Å². The number of amides is 1. The molecule has 1 aromatic heterocycles.